The molecular weight excluding hydrogens is 715 g/mol. The molecule has 5 nitrogen and oxygen atoms in total. The van der Waals surface area contributed by atoms with Gasteiger partial charge in [-0.1, -0.05) is 127 Å². The van der Waals surface area contributed by atoms with Crippen LogP contribution < -0.4 is 0 Å². The second-order valence-corrected chi connectivity index (χ2v) is 15.5. The highest BCUT2D eigenvalue weighted by atomic mass is 32.1. The highest BCUT2D eigenvalue weighted by Gasteiger charge is 2.21. The average molecular weight is 746 g/mol. The quantitative estimate of drug-likeness (QED) is 0.176. The van der Waals surface area contributed by atoms with E-state index in [1.807, 2.05) is 29.5 Å². The first-order valence-electron chi connectivity index (χ1n) is 19.1. The van der Waals surface area contributed by atoms with Gasteiger partial charge < -0.3 is 4.57 Å². The maximum Gasteiger partial charge on any atom is 0.238 e. The normalized spacial score (nSPS) is 11.9. The van der Waals surface area contributed by atoms with Gasteiger partial charge in [-0.2, -0.15) is 9.97 Å². The molecular formula is C51H31N5S. The van der Waals surface area contributed by atoms with Crippen LogP contribution in [0, 0.1) is 0 Å². The van der Waals surface area contributed by atoms with E-state index < -0.39 is 0 Å². The molecule has 0 aliphatic rings. The Balaban J connectivity index is 1.10. The number of fused-ring (bicyclic) bond motifs is 9. The van der Waals surface area contributed by atoms with Crippen LogP contribution in [0.25, 0.3) is 109 Å². The summed E-state index contributed by atoms with van der Waals surface area (Å²) in [5, 5.41) is 7.28. The van der Waals surface area contributed by atoms with Crippen LogP contribution in [0.1, 0.15) is 0 Å². The van der Waals surface area contributed by atoms with Gasteiger partial charge in [-0.15, -0.1) is 11.3 Å². The van der Waals surface area contributed by atoms with E-state index in [1.165, 1.54) is 36.5 Å². The van der Waals surface area contributed by atoms with Gasteiger partial charge in [-0.25, -0.2) is 4.98 Å². The summed E-state index contributed by atoms with van der Waals surface area (Å²) in [5.41, 5.74) is 9.61. The Bertz CT molecular complexity index is 3520. The van der Waals surface area contributed by atoms with E-state index in [9.17, 15) is 0 Å². The minimum Gasteiger partial charge on any atom is -0.309 e. The zero-order chi connectivity index (χ0) is 37.5. The maximum absolute atomic E-state index is 5.33. The van der Waals surface area contributed by atoms with Crippen molar-refractivity contribution < 1.29 is 0 Å². The molecule has 266 valence electrons. The SMILES string of the molecule is c1ccc(-c2nc(-c3cccc(-c4ccc5sc6ccccc6c5c4)c3)nc(-n3c4ccccc4c4cc5c6ccccc6n(-c6ccccc6)c5cc43)n2)cc1. The van der Waals surface area contributed by atoms with Crippen molar-refractivity contribution in [3.8, 4) is 45.5 Å². The van der Waals surface area contributed by atoms with Gasteiger partial charge in [0.05, 0.1) is 22.1 Å². The topological polar surface area (TPSA) is 48.5 Å². The van der Waals surface area contributed by atoms with Crippen molar-refractivity contribution in [3.63, 3.8) is 0 Å². The Kier molecular flexibility index (Phi) is 7.03. The molecule has 12 rings (SSSR count). The Morgan fingerprint density at radius 1 is 0.316 bits per heavy atom. The lowest BCUT2D eigenvalue weighted by Crippen LogP contribution is -2.06. The standard InChI is InChI=1S/C51H31N5S/c1-3-14-32(15-4-1)49-52-50(35-17-13-16-33(28-35)34-26-27-48-42(29-34)39-22-9-12-25-47(39)57-48)54-51(53-49)56-44-24-11-8-21-38(44)41-30-40-37-20-7-10-23-43(37)55(45(40)31-46(41)56)36-18-5-2-6-19-36/h1-31H. The van der Waals surface area contributed by atoms with Crippen LogP contribution in [0.4, 0.5) is 0 Å². The van der Waals surface area contributed by atoms with Crippen molar-refractivity contribution in [2.45, 2.75) is 0 Å². The highest BCUT2D eigenvalue weighted by molar-refractivity contribution is 7.25. The van der Waals surface area contributed by atoms with Crippen LogP contribution in [-0.4, -0.2) is 24.1 Å². The molecule has 4 aromatic heterocycles. The molecule has 0 bridgehead atoms. The molecule has 0 unspecified atom stereocenters. The molecule has 0 spiro atoms. The van der Waals surface area contributed by atoms with Gasteiger partial charge in [0.15, 0.2) is 11.6 Å². The predicted molar refractivity (Wildman–Crippen MR) is 238 cm³/mol. The van der Waals surface area contributed by atoms with Crippen molar-refractivity contribution in [3.05, 3.63) is 188 Å². The lowest BCUT2D eigenvalue weighted by molar-refractivity contribution is 0.953. The van der Waals surface area contributed by atoms with E-state index in [1.54, 1.807) is 0 Å². The molecule has 57 heavy (non-hydrogen) atoms. The number of hydrogen-bond donors (Lipinski definition) is 0. The molecule has 0 fully saturated rings. The first-order chi connectivity index (χ1) is 28.2. The number of thiophene rings is 1. The predicted octanol–water partition coefficient (Wildman–Crippen LogP) is 13.4. The van der Waals surface area contributed by atoms with Crippen LogP contribution in [0.5, 0.6) is 0 Å². The number of benzene rings is 8. The fraction of sp³-hybridized carbons (Fsp3) is 0. The summed E-state index contributed by atoms with van der Waals surface area (Å²) >= 11 is 1.84. The van der Waals surface area contributed by atoms with Crippen LogP contribution >= 0.6 is 11.3 Å². The van der Waals surface area contributed by atoms with Gasteiger partial charge in [0.1, 0.15) is 0 Å². The minimum absolute atomic E-state index is 0.573. The van der Waals surface area contributed by atoms with Crippen molar-refractivity contribution in [2.24, 2.45) is 0 Å². The van der Waals surface area contributed by atoms with Gasteiger partial charge in [0, 0.05) is 58.5 Å². The van der Waals surface area contributed by atoms with Crippen molar-refractivity contribution in [1.29, 1.82) is 0 Å². The van der Waals surface area contributed by atoms with Gasteiger partial charge in [0.25, 0.3) is 0 Å². The first kappa shape index (κ1) is 31.9. The minimum atomic E-state index is 0.573. The van der Waals surface area contributed by atoms with Crippen molar-refractivity contribution >= 4 is 75.1 Å². The molecule has 8 aromatic carbocycles. The fourth-order valence-electron chi connectivity index (χ4n) is 8.56. The molecule has 0 N–H and O–H groups in total. The van der Waals surface area contributed by atoms with Gasteiger partial charge in [-0.05, 0) is 71.8 Å². The Morgan fingerprint density at radius 3 is 1.65 bits per heavy atom. The highest BCUT2D eigenvalue weighted by Crippen LogP contribution is 2.40. The van der Waals surface area contributed by atoms with E-state index in [4.69, 9.17) is 15.0 Å². The van der Waals surface area contributed by atoms with Gasteiger partial charge in [0.2, 0.25) is 5.95 Å². The largest absolute Gasteiger partial charge is 0.309 e. The number of nitrogens with zero attached hydrogens (tertiary/aromatic N) is 5. The summed E-state index contributed by atoms with van der Waals surface area (Å²) in [7, 11) is 0. The lowest BCUT2D eigenvalue weighted by atomic mass is 10.0. The number of aromatic nitrogens is 5. The van der Waals surface area contributed by atoms with E-state index in [0.717, 1.165) is 55.3 Å². The summed E-state index contributed by atoms with van der Waals surface area (Å²) in [6.07, 6.45) is 0. The number of para-hydroxylation sites is 3. The smallest absolute Gasteiger partial charge is 0.238 e. The van der Waals surface area contributed by atoms with Crippen LogP contribution in [-0.2, 0) is 0 Å². The molecule has 0 saturated carbocycles. The van der Waals surface area contributed by atoms with E-state index in [0.29, 0.717) is 17.6 Å². The summed E-state index contributed by atoms with van der Waals surface area (Å²) in [5.74, 6) is 1.81. The number of hydrogen-bond acceptors (Lipinski definition) is 4. The van der Waals surface area contributed by atoms with Crippen LogP contribution in [0.15, 0.2) is 188 Å². The average Bonchev–Trinajstić information content (AvgIpc) is 3.93. The molecule has 0 atom stereocenters. The molecule has 0 aliphatic carbocycles. The van der Waals surface area contributed by atoms with Gasteiger partial charge >= 0.3 is 0 Å². The molecule has 6 heteroatoms. The second-order valence-electron chi connectivity index (χ2n) is 14.5. The molecule has 12 aromatic rings. The fourth-order valence-corrected chi connectivity index (χ4v) is 9.64. The third-order valence-corrected chi connectivity index (χ3v) is 12.3. The van der Waals surface area contributed by atoms with E-state index in [-0.39, 0.29) is 0 Å². The zero-order valence-electron chi connectivity index (χ0n) is 30.5. The van der Waals surface area contributed by atoms with Crippen LogP contribution in [0.2, 0.25) is 0 Å². The van der Waals surface area contributed by atoms with Crippen molar-refractivity contribution in [2.75, 3.05) is 0 Å². The zero-order valence-corrected chi connectivity index (χ0v) is 31.4. The van der Waals surface area contributed by atoms with Crippen LogP contribution in [0.3, 0.4) is 0 Å². The summed E-state index contributed by atoms with van der Waals surface area (Å²) in [4.78, 5) is 15.7. The Hall–Kier alpha value is -7.41. The third-order valence-electron chi connectivity index (χ3n) is 11.2. The third kappa shape index (κ3) is 5.04. The van der Waals surface area contributed by atoms with E-state index >= 15 is 0 Å². The monoisotopic (exact) mass is 745 g/mol. The molecule has 4 heterocycles. The van der Waals surface area contributed by atoms with E-state index in [2.05, 4.69) is 179 Å². The molecule has 0 amide bonds. The number of rotatable bonds is 5. The first-order valence-corrected chi connectivity index (χ1v) is 19.9. The summed E-state index contributed by atoms with van der Waals surface area (Å²) in [6.45, 7) is 0. The van der Waals surface area contributed by atoms with Crippen molar-refractivity contribution in [1.82, 2.24) is 24.1 Å². The second kappa shape index (κ2) is 12.6. The lowest BCUT2D eigenvalue weighted by Gasteiger charge is -2.12. The maximum atomic E-state index is 5.33. The summed E-state index contributed by atoms with van der Waals surface area (Å²) in [6, 6.07) is 66.7. The molecule has 0 aliphatic heterocycles. The summed E-state index contributed by atoms with van der Waals surface area (Å²) < 4.78 is 7.17. The molecule has 0 saturated heterocycles. The Morgan fingerprint density at radius 2 is 0.877 bits per heavy atom. The Labute approximate surface area is 331 Å². The molecule has 0 radical (unpaired) electrons. The van der Waals surface area contributed by atoms with Gasteiger partial charge in [-0.3, -0.25) is 4.57 Å².